The lowest BCUT2D eigenvalue weighted by Crippen LogP contribution is -2.33. The fourth-order valence-electron chi connectivity index (χ4n) is 6.16. The molecule has 0 saturated carbocycles. The zero-order chi connectivity index (χ0) is 29.8. The highest BCUT2D eigenvalue weighted by atomic mass is 31.2. The highest BCUT2D eigenvalue weighted by Gasteiger charge is 2.44. The first-order valence-electron chi connectivity index (χ1n) is 15.3. The van der Waals surface area contributed by atoms with Gasteiger partial charge >= 0.3 is 0 Å². The predicted molar refractivity (Wildman–Crippen MR) is 175 cm³/mol. The van der Waals surface area contributed by atoms with Crippen molar-refractivity contribution in [3.05, 3.63) is 113 Å². The molecule has 1 N–H and O–H groups in total. The molecular formula is C37H44O4P+. The molecule has 0 bridgehead atoms. The molecule has 3 aromatic rings. The van der Waals surface area contributed by atoms with Gasteiger partial charge < -0.3 is 9.84 Å². The number of unbranched alkanes of at least 4 members (excludes halogenated alkanes) is 7. The van der Waals surface area contributed by atoms with Crippen LogP contribution in [0.15, 0.2) is 113 Å². The Morgan fingerprint density at radius 2 is 1.02 bits per heavy atom. The molecule has 0 aromatic heterocycles. The van der Waals surface area contributed by atoms with Gasteiger partial charge in [0.15, 0.2) is 11.5 Å². The largest absolute Gasteiger partial charge is 0.492 e. The summed E-state index contributed by atoms with van der Waals surface area (Å²) in [4.78, 5) is 25.3. The SMILES string of the molecule is COC1=C(CO)C(=O)C(C)=C(CCCCCCCCCC[P+](c2ccccc2)(c2ccccc2)c2ccccc2)C1=O. The molecule has 3 aromatic carbocycles. The Balaban J connectivity index is 1.27. The summed E-state index contributed by atoms with van der Waals surface area (Å²) in [5.74, 6) is -0.525. The fourth-order valence-corrected chi connectivity index (χ4v) is 10.6. The lowest BCUT2D eigenvalue weighted by atomic mass is 9.86. The minimum atomic E-state index is -1.75. The van der Waals surface area contributed by atoms with Gasteiger partial charge in [0, 0.05) is 11.1 Å². The second-order valence-electron chi connectivity index (χ2n) is 11.1. The summed E-state index contributed by atoms with van der Waals surface area (Å²) < 4.78 is 5.16. The summed E-state index contributed by atoms with van der Waals surface area (Å²) in [5, 5.41) is 13.9. The molecule has 0 spiro atoms. The Morgan fingerprint density at radius 1 is 0.595 bits per heavy atom. The van der Waals surface area contributed by atoms with Gasteiger partial charge in [0.2, 0.25) is 5.78 Å². The maximum absolute atomic E-state index is 12.8. The maximum atomic E-state index is 12.8. The molecule has 0 aliphatic heterocycles. The van der Waals surface area contributed by atoms with Crippen LogP contribution in [0.5, 0.6) is 0 Å². The quantitative estimate of drug-likeness (QED) is 0.114. The summed E-state index contributed by atoms with van der Waals surface area (Å²) in [6.45, 7) is 1.20. The zero-order valence-corrected chi connectivity index (χ0v) is 26.0. The standard InChI is InChI=1S/C37H44O4P/c1-29-33(36(40)37(41-2)34(28-38)35(29)39)26-18-7-5-3-4-6-8-19-27-42(30-20-12-9-13-21-30,31-22-14-10-15-23-31)32-24-16-11-17-25-32/h9-17,20-25,38H,3-8,18-19,26-28H2,1-2H3/q+1. The minimum Gasteiger partial charge on any atom is -0.492 e. The molecule has 1 aliphatic rings. The van der Waals surface area contributed by atoms with Crippen LogP contribution in [-0.4, -0.2) is 36.6 Å². The van der Waals surface area contributed by atoms with Gasteiger partial charge in [-0.05, 0) is 69.0 Å². The maximum Gasteiger partial charge on any atom is 0.224 e. The van der Waals surface area contributed by atoms with E-state index in [0.29, 0.717) is 17.6 Å². The van der Waals surface area contributed by atoms with E-state index in [1.165, 1.54) is 61.3 Å². The van der Waals surface area contributed by atoms with Gasteiger partial charge in [0.1, 0.15) is 23.2 Å². The molecule has 0 fully saturated rings. The lowest BCUT2D eigenvalue weighted by molar-refractivity contribution is -0.119. The van der Waals surface area contributed by atoms with E-state index in [-0.39, 0.29) is 22.9 Å². The van der Waals surface area contributed by atoms with Gasteiger partial charge in [-0.1, -0.05) is 86.7 Å². The summed E-state index contributed by atoms with van der Waals surface area (Å²) in [6.07, 6.45) is 10.8. The van der Waals surface area contributed by atoms with Gasteiger partial charge in [-0.15, -0.1) is 0 Å². The van der Waals surface area contributed by atoms with E-state index in [9.17, 15) is 14.7 Å². The summed E-state index contributed by atoms with van der Waals surface area (Å²) in [5.41, 5.74) is 1.06. The average Bonchev–Trinajstić information content (AvgIpc) is 3.04. The van der Waals surface area contributed by atoms with E-state index in [0.717, 1.165) is 19.3 Å². The molecule has 4 nitrogen and oxygen atoms in total. The van der Waals surface area contributed by atoms with E-state index in [2.05, 4.69) is 91.0 Å². The van der Waals surface area contributed by atoms with Crippen LogP contribution in [-0.2, 0) is 14.3 Å². The third kappa shape index (κ3) is 7.17. The molecular weight excluding hydrogens is 539 g/mol. The van der Waals surface area contributed by atoms with Crippen LogP contribution in [0.3, 0.4) is 0 Å². The van der Waals surface area contributed by atoms with Crippen LogP contribution in [0, 0.1) is 0 Å². The first-order valence-corrected chi connectivity index (χ1v) is 17.2. The number of aliphatic hydroxyl groups is 1. The Bertz CT molecular complexity index is 1280. The first kappa shape index (κ1) is 31.6. The third-order valence-electron chi connectivity index (χ3n) is 8.45. The molecule has 220 valence electrons. The topological polar surface area (TPSA) is 63.6 Å². The van der Waals surface area contributed by atoms with E-state index in [1.54, 1.807) is 6.92 Å². The fraction of sp³-hybridized carbons (Fsp3) is 0.351. The number of benzene rings is 3. The molecule has 0 radical (unpaired) electrons. The number of carbonyl (C=O) groups excluding carboxylic acids is 2. The number of Topliss-reactive ketones (excluding diaryl/α,β-unsaturated/α-hetero) is 2. The molecule has 0 amide bonds. The molecule has 0 saturated heterocycles. The van der Waals surface area contributed by atoms with E-state index >= 15 is 0 Å². The molecule has 5 heteroatoms. The predicted octanol–water partition coefficient (Wildman–Crippen LogP) is 6.85. The Morgan fingerprint density at radius 3 is 1.45 bits per heavy atom. The van der Waals surface area contributed by atoms with Gasteiger partial charge in [0.05, 0.1) is 25.5 Å². The van der Waals surface area contributed by atoms with Gasteiger partial charge in [-0.2, -0.15) is 0 Å². The average molecular weight is 584 g/mol. The Hall–Kier alpha value is -3.33. The minimum absolute atomic E-state index is 0.00126. The van der Waals surface area contributed by atoms with Gasteiger partial charge in [-0.3, -0.25) is 9.59 Å². The number of hydrogen-bond donors (Lipinski definition) is 1. The molecule has 1 aliphatic carbocycles. The van der Waals surface area contributed by atoms with Crippen LogP contribution < -0.4 is 15.9 Å². The van der Waals surface area contributed by atoms with E-state index in [1.807, 2.05) is 0 Å². The molecule has 4 rings (SSSR count). The van der Waals surface area contributed by atoms with Crippen molar-refractivity contribution in [3.8, 4) is 0 Å². The number of hydrogen-bond acceptors (Lipinski definition) is 4. The summed E-state index contributed by atoms with van der Waals surface area (Å²) >= 11 is 0. The molecule has 0 heterocycles. The van der Waals surface area contributed by atoms with Crippen molar-refractivity contribution in [1.29, 1.82) is 0 Å². The van der Waals surface area contributed by atoms with Crippen LogP contribution in [0.25, 0.3) is 0 Å². The number of methoxy groups -OCH3 is 1. The number of allylic oxidation sites excluding steroid dienone is 2. The van der Waals surface area contributed by atoms with Gasteiger partial charge in [-0.25, -0.2) is 0 Å². The first-order chi connectivity index (χ1) is 20.5. The zero-order valence-electron chi connectivity index (χ0n) is 25.1. The van der Waals surface area contributed by atoms with Crippen molar-refractivity contribution in [1.82, 2.24) is 0 Å². The van der Waals surface area contributed by atoms with Crippen molar-refractivity contribution in [3.63, 3.8) is 0 Å². The van der Waals surface area contributed by atoms with E-state index in [4.69, 9.17) is 4.74 Å². The van der Waals surface area contributed by atoms with Crippen LogP contribution >= 0.6 is 7.26 Å². The summed E-state index contributed by atoms with van der Waals surface area (Å²) in [6, 6.07) is 33.3. The molecule has 0 atom stereocenters. The third-order valence-corrected chi connectivity index (χ3v) is 13.0. The molecule has 42 heavy (non-hydrogen) atoms. The number of carbonyl (C=O) groups is 2. The van der Waals surface area contributed by atoms with Gasteiger partial charge in [0.25, 0.3) is 0 Å². The summed E-state index contributed by atoms with van der Waals surface area (Å²) in [7, 11) is -0.371. The van der Waals surface area contributed by atoms with Crippen LogP contribution in [0.2, 0.25) is 0 Å². The van der Waals surface area contributed by atoms with Crippen molar-refractivity contribution in [2.45, 2.75) is 64.7 Å². The van der Waals surface area contributed by atoms with Crippen molar-refractivity contribution < 1.29 is 19.4 Å². The smallest absolute Gasteiger partial charge is 0.224 e. The van der Waals surface area contributed by atoms with E-state index < -0.39 is 13.9 Å². The number of aliphatic hydroxyl groups excluding tert-OH is 1. The van der Waals surface area contributed by atoms with Crippen LogP contribution in [0.4, 0.5) is 0 Å². The normalized spacial score (nSPS) is 14.1. The highest BCUT2D eigenvalue weighted by Crippen LogP contribution is 2.56. The van der Waals surface area contributed by atoms with Crippen LogP contribution in [0.1, 0.15) is 64.7 Å². The van der Waals surface area contributed by atoms with Crippen molar-refractivity contribution in [2.24, 2.45) is 0 Å². The number of ketones is 2. The molecule has 0 unspecified atom stereocenters. The Labute approximate surface area is 251 Å². The second-order valence-corrected chi connectivity index (χ2v) is 14.7. The number of rotatable bonds is 16. The second kappa shape index (κ2) is 15.8. The highest BCUT2D eigenvalue weighted by molar-refractivity contribution is 7.95. The number of ether oxygens (including phenoxy) is 1. The van der Waals surface area contributed by atoms with Crippen molar-refractivity contribution in [2.75, 3.05) is 19.9 Å². The monoisotopic (exact) mass is 583 g/mol. The lowest BCUT2D eigenvalue weighted by Gasteiger charge is -2.27. The van der Waals surface area contributed by atoms with Crippen molar-refractivity contribution >= 4 is 34.7 Å². The Kier molecular flexibility index (Phi) is 11.9.